The second-order valence-corrected chi connectivity index (χ2v) is 15.5. The maximum absolute atomic E-state index is 13.3. The van der Waals surface area contributed by atoms with Gasteiger partial charge in [-0.1, -0.05) is 84.9 Å². The second-order valence-electron chi connectivity index (χ2n) is 13.3. The quantitative estimate of drug-likeness (QED) is 0.0722. The van der Waals surface area contributed by atoms with Crippen molar-refractivity contribution >= 4 is 44.1 Å². The van der Waals surface area contributed by atoms with E-state index in [0.717, 1.165) is 66.4 Å². The number of benzene rings is 6. The fourth-order valence-electron chi connectivity index (χ4n) is 6.44. The minimum absolute atomic E-state index is 0.399. The SMILES string of the molecule is C[C@@H](c1[c-]ccc2ccccc12)N(C)C.FC(F)(F)c1ccc(P(c2ccc(C(F)(F)F)cc2)c2cc3ccc2CCc2ccc(cc2)CC3)cc1.[Cl][Pd+]. The number of nitrogens with zero attached hydrogens (tertiary/aromatic N) is 1. The summed E-state index contributed by atoms with van der Waals surface area (Å²) in [4.78, 5) is 2.21. The van der Waals surface area contributed by atoms with Gasteiger partial charge in [0.05, 0.1) is 11.1 Å². The Balaban J connectivity index is 0.000000275. The van der Waals surface area contributed by atoms with Gasteiger partial charge in [0.25, 0.3) is 0 Å². The van der Waals surface area contributed by atoms with Crippen molar-refractivity contribution in [2.45, 2.75) is 51.0 Å². The zero-order chi connectivity index (χ0) is 39.0. The van der Waals surface area contributed by atoms with Crippen LogP contribution in [0.2, 0.25) is 0 Å². The Hall–Kier alpha value is -3.50. The summed E-state index contributed by atoms with van der Waals surface area (Å²) < 4.78 is 79.6. The Morgan fingerprint density at radius 3 is 1.63 bits per heavy atom. The first kappa shape index (κ1) is 41.7. The Labute approximate surface area is 329 Å². The van der Waals surface area contributed by atoms with Crippen LogP contribution in [0.15, 0.2) is 127 Å². The normalized spacial score (nSPS) is 13.4. The van der Waals surface area contributed by atoms with Gasteiger partial charge in [-0.3, -0.25) is 0 Å². The van der Waals surface area contributed by atoms with E-state index in [0.29, 0.717) is 16.7 Å². The number of hydrogen-bond acceptors (Lipinski definition) is 1. The predicted molar refractivity (Wildman–Crippen MR) is 207 cm³/mol. The average molecular weight is 869 g/mol. The molecular weight excluding hydrogens is 829 g/mol. The molecule has 4 bridgehead atoms. The minimum atomic E-state index is -4.47. The van der Waals surface area contributed by atoms with Gasteiger partial charge < -0.3 is 4.90 Å². The monoisotopic (exact) mass is 867 g/mol. The van der Waals surface area contributed by atoms with Crippen molar-refractivity contribution in [3.05, 3.63) is 172 Å². The molecule has 0 unspecified atom stereocenters. The van der Waals surface area contributed by atoms with E-state index in [1.165, 1.54) is 51.7 Å². The zero-order valence-corrected chi connectivity index (χ0v) is 33.1. The summed E-state index contributed by atoms with van der Waals surface area (Å²) in [7, 11) is 7.30. The molecule has 10 heteroatoms. The number of halogens is 7. The van der Waals surface area contributed by atoms with Gasteiger partial charge in [0.1, 0.15) is 0 Å². The van der Waals surface area contributed by atoms with Crippen LogP contribution in [0.25, 0.3) is 10.8 Å². The van der Waals surface area contributed by atoms with Gasteiger partial charge in [-0.15, -0.1) is 22.4 Å². The van der Waals surface area contributed by atoms with Crippen molar-refractivity contribution in [1.29, 1.82) is 0 Å². The summed E-state index contributed by atoms with van der Waals surface area (Å²) in [5.41, 5.74) is 4.33. The van der Waals surface area contributed by atoms with E-state index in [1.807, 2.05) is 6.07 Å². The maximum atomic E-state index is 13.3. The topological polar surface area (TPSA) is 3.24 Å². The molecule has 284 valence electrons. The van der Waals surface area contributed by atoms with Crippen LogP contribution in [0.4, 0.5) is 26.3 Å². The van der Waals surface area contributed by atoms with Crippen LogP contribution in [-0.2, 0) is 56.2 Å². The first-order chi connectivity index (χ1) is 25.8. The average Bonchev–Trinajstić information content (AvgIpc) is 3.16. The summed E-state index contributed by atoms with van der Waals surface area (Å²) in [6.07, 6.45) is -5.80. The van der Waals surface area contributed by atoms with Crippen LogP contribution in [0.1, 0.15) is 51.9 Å². The molecule has 0 amide bonds. The molecule has 1 atom stereocenters. The summed E-state index contributed by atoms with van der Waals surface area (Å²) in [6, 6.07) is 41.2. The summed E-state index contributed by atoms with van der Waals surface area (Å²) in [5, 5.41) is 4.90. The molecule has 0 N–H and O–H groups in total. The number of fused-ring (bicyclic) bond motifs is 1. The number of aryl methyl sites for hydroxylation is 4. The third-order valence-corrected chi connectivity index (χ3v) is 12.2. The Morgan fingerprint density at radius 1 is 0.630 bits per heavy atom. The number of rotatable bonds is 5. The van der Waals surface area contributed by atoms with E-state index in [9.17, 15) is 26.3 Å². The predicted octanol–water partition coefficient (Wildman–Crippen LogP) is 11.3. The molecule has 0 saturated carbocycles. The molecule has 0 spiro atoms. The van der Waals surface area contributed by atoms with Crippen LogP contribution >= 0.6 is 17.5 Å². The molecular formula is C44H39ClF6NPPd. The van der Waals surface area contributed by atoms with Gasteiger partial charge in [0, 0.05) is 6.04 Å². The summed E-state index contributed by atoms with van der Waals surface area (Å²) in [6.45, 7) is 2.21. The molecule has 0 heterocycles. The van der Waals surface area contributed by atoms with Crippen LogP contribution in [-0.4, -0.2) is 19.0 Å². The Bertz CT molecular complexity index is 2050. The second kappa shape index (κ2) is 18.4. The van der Waals surface area contributed by atoms with E-state index >= 15 is 0 Å². The van der Waals surface area contributed by atoms with Gasteiger partial charge in [0.2, 0.25) is 0 Å². The third kappa shape index (κ3) is 10.4. The third-order valence-electron chi connectivity index (χ3n) is 9.65. The zero-order valence-electron chi connectivity index (χ0n) is 29.9. The standard InChI is InChI=1S/C30H23F6P.C14H16N.ClH.Pd/c31-29(32,33)24-11-15-26(16-12-24)37(27-17-13-25(14-18-27)30(34,35)36)28-19-22-6-5-20-1-3-21(4-2-20)7-9-23(28)10-8-22;1-11(15(2)3)13-10-6-8-12-7-4-5-9-14(12)13;;/h1-4,8,10-19H,5-7,9H2;4-9,11H,1-3H3;1H;/q;-1;;+2/p-1/t;11-;;/m.0../s1. The molecule has 0 fully saturated rings. The Kier molecular flexibility index (Phi) is 14.2. The molecule has 4 aliphatic carbocycles. The first-order valence-corrected chi connectivity index (χ1v) is 20.6. The first-order valence-electron chi connectivity index (χ1n) is 17.3. The summed E-state index contributed by atoms with van der Waals surface area (Å²) in [5.74, 6) is 0. The molecule has 54 heavy (non-hydrogen) atoms. The van der Waals surface area contributed by atoms with E-state index in [-0.39, 0.29) is 0 Å². The fourth-order valence-corrected chi connectivity index (χ4v) is 8.96. The van der Waals surface area contributed by atoms with Crippen molar-refractivity contribution in [2.24, 2.45) is 0 Å². The number of hydrogen-bond donors (Lipinski definition) is 0. The van der Waals surface area contributed by atoms with Crippen molar-refractivity contribution in [2.75, 3.05) is 14.1 Å². The fraction of sp³-hybridized carbons (Fsp3) is 0.227. The van der Waals surface area contributed by atoms with Gasteiger partial charge >= 0.3 is 40.1 Å². The Morgan fingerprint density at radius 2 is 1.11 bits per heavy atom. The molecule has 4 aliphatic rings. The van der Waals surface area contributed by atoms with Gasteiger partial charge in [-0.05, 0) is 117 Å². The van der Waals surface area contributed by atoms with Crippen LogP contribution in [0.5, 0.6) is 0 Å². The van der Waals surface area contributed by atoms with Gasteiger partial charge in [-0.25, -0.2) is 0 Å². The molecule has 0 aromatic heterocycles. The molecule has 0 saturated heterocycles. The van der Waals surface area contributed by atoms with Gasteiger partial charge in [-0.2, -0.15) is 44.5 Å². The molecule has 1 nitrogen and oxygen atoms in total. The van der Waals surface area contributed by atoms with E-state index in [2.05, 4.69) is 132 Å². The van der Waals surface area contributed by atoms with E-state index in [4.69, 9.17) is 0 Å². The summed E-state index contributed by atoms with van der Waals surface area (Å²) >= 11 is 2.22. The van der Waals surface area contributed by atoms with Crippen LogP contribution < -0.4 is 15.9 Å². The van der Waals surface area contributed by atoms with Crippen molar-refractivity contribution in [1.82, 2.24) is 4.90 Å². The van der Waals surface area contributed by atoms with Crippen molar-refractivity contribution in [3.8, 4) is 0 Å². The van der Waals surface area contributed by atoms with Crippen LogP contribution in [0.3, 0.4) is 0 Å². The molecule has 6 aromatic rings. The molecule has 6 aromatic carbocycles. The van der Waals surface area contributed by atoms with E-state index < -0.39 is 31.4 Å². The van der Waals surface area contributed by atoms with Crippen LogP contribution in [0, 0.1) is 6.07 Å². The van der Waals surface area contributed by atoms with Crippen molar-refractivity contribution in [3.63, 3.8) is 0 Å². The molecule has 0 radical (unpaired) electrons. The van der Waals surface area contributed by atoms with Crippen molar-refractivity contribution < 1.29 is 44.5 Å². The molecule has 0 aliphatic heterocycles. The van der Waals surface area contributed by atoms with E-state index in [1.54, 1.807) is 0 Å². The number of alkyl halides is 6. The van der Waals surface area contributed by atoms with Gasteiger partial charge in [0.15, 0.2) is 0 Å². The molecule has 10 rings (SSSR count).